The first-order chi connectivity index (χ1) is 9.99. The van der Waals surface area contributed by atoms with E-state index in [2.05, 4.69) is 32.1 Å². The van der Waals surface area contributed by atoms with Crippen molar-refractivity contribution in [1.29, 1.82) is 0 Å². The average Bonchev–Trinajstić information content (AvgIpc) is 2.42. The highest BCUT2D eigenvalue weighted by molar-refractivity contribution is 7.78. The zero-order valence-corrected chi connectivity index (χ0v) is 11.1. The molecule has 2 aromatic rings. The molecule has 0 saturated carbocycles. The number of isothiocyanates is 1. The highest BCUT2D eigenvalue weighted by Crippen LogP contribution is 2.36. The van der Waals surface area contributed by atoms with Gasteiger partial charge >= 0.3 is 6.36 Å². The van der Waals surface area contributed by atoms with Crippen LogP contribution >= 0.6 is 12.2 Å². The molecule has 0 amide bonds. The number of rotatable bonds is 4. The number of hydrogen-bond donors (Lipinski definition) is 0. The van der Waals surface area contributed by atoms with Gasteiger partial charge in [0.1, 0.15) is 5.69 Å². The topological polar surface area (TPSA) is 43.7 Å². The summed E-state index contributed by atoms with van der Waals surface area (Å²) in [7, 11) is 0. The van der Waals surface area contributed by atoms with Crippen LogP contribution in [-0.2, 0) is 0 Å². The maximum absolute atomic E-state index is 12.3. The summed E-state index contributed by atoms with van der Waals surface area (Å²) < 4.78 is 46.2. The highest BCUT2D eigenvalue weighted by Gasteiger charge is 2.32. The Balaban J connectivity index is 2.34. The number of para-hydroxylation sites is 2. The van der Waals surface area contributed by atoms with Crippen molar-refractivity contribution < 1.29 is 22.6 Å². The van der Waals surface area contributed by atoms with E-state index in [9.17, 15) is 13.2 Å². The zero-order chi connectivity index (χ0) is 15.3. The van der Waals surface area contributed by atoms with E-state index in [0.29, 0.717) is 0 Å². The molecule has 0 spiro atoms. The summed E-state index contributed by atoms with van der Waals surface area (Å²) in [4.78, 5) is 7.61. The number of thiocarbonyl (C=S) groups is 1. The number of alkyl halides is 3. The van der Waals surface area contributed by atoms with Crippen LogP contribution in [0.5, 0.6) is 17.4 Å². The molecule has 0 unspecified atom stereocenters. The van der Waals surface area contributed by atoms with Gasteiger partial charge in [0, 0.05) is 6.20 Å². The van der Waals surface area contributed by atoms with Crippen molar-refractivity contribution in [2.24, 2.45) is 4.99 Å². The minimum Gasteiger partial charge on any atom is -0.433 e. The van der Waals surface area contributed by atoms with E-state index in [-0.39, 0.29) is 17.3 Å². The highest BCUT2D eigenvalue weighted by atomic mass is 32.1. The van der Waals surface area contributed by atoms with Gasteiger partial charge < -0.3 is 9.47 Å². The maximum Gasteiger partial charge on any atom is 0.573 e. The molecule has 1 aromatic heterocycles. The fraction of sp³-hybridized carbons (Fsp3) is 0.0769. The van der Waals surface area contributed by atoms with Crippen molar-refractivity contribution in [2.75, 3.05) is 0 Å². The van der Waals surface area contributed by atoms with Crippen LogP contribution in [0.25, 0.3) is 0 Å². The summed E-state index contributed by atoms with van der Waals surface area (Å²) in [6, 6.07) is 8.46. The molecule has 1 heterocycles. The van der Waals surface area contributed by atoms with E-state index in [1.54, 1.807) is 6.07 Å². The molecule has 0 saturated heterocycles. The second kappa shape index (κ2) is 6.34. The molecule has 0 aliphatic rings. The summed E-state index contributed by atoms with van der Waals surface area (Å²) in [5.74, 6) is -0.629. The third kappa shape index (κ3) is 4.27. The Labute approximate surface area is 122 Å². The molecule has 0 N–H and O–H groups in total. The standard InChI is InChI=1S/C13H7F3N2O2S/c14-13(15,16)20-11-6-2-1-5-10(11)19-12-9(18-8-21)4-3-7-17-12/h1-7H. The van der Waals surface area contributed by atoms with Crippen molar-refractivity contribution >= 4 is 23.1 Å². The molecule has 108 valence electrons. The van der Waals surface area contributed by atoms with Gasteiger partial charge in [-0.05, 0) is 36.5 Å². The molecular weight excluding hydrogens is 305 g/mol. The molecule has 21 heavy (non-hydrogen) atoms. The van der Waals surface area contributed by atoms with Gasteiger partial charge in [0.25, 0.3) is 0 Å². The molecule has 0 aliphatic heterocycles. The summed E-state index contributed by atoms with van der Waals surface area (Å²) in [5.41, 5.74) is 0.245. The van der Waals surface area contributed by atoms with Gasteiger partial charge in [0.2, 0.25) is 5.88 Å². The number of hydrogen-bond acceptors (Lipinski definition) is 5. The monoisotopic (exact) mass is 312 g/mol. The first-order valence-corrected chi connectivity index (χ1v) is 5.96. The lowest BCUT2D eigenvalue weighted by Crippen LogP contribution is -2.17. The smallest absolute Gasteiger partial charge is 0.433 e. The molecule has 0 bridgehead atoms. The van der Waals surface area contributed by atoms with Crippen molar-refractivity contribution in [3.63, 3.8) is 0 Å². The van der Waals surface area contributed by atoms with Gasteiger partial charge in [0.15, 0.2) is 11.5 Å². The lowest BCUT2D eigenvalue weighted by atomic mass is 10.3. The third-order valence-corrected chi connectivity index (χ3v) is 2.29. The average molecular weight is 312 g/mol. The Bertz CT molecular complexity index is 685. The van der Waals surface area contributed by atoms with Gasteiger partial charge in [-0.2, -0.15) is 4.99 Å². The van der Waals surface area contributed by atoms with Crippen molar-refractivity contribution in [3.05, 3.63) is 42.6 Å². The Kier molecular flexibility index (Phi) is 4.52. The molecule has 2 rings (SSSR count). The van der Waals surface area contributed by atoms with Crippen LogP contribution in [0.15, 0.2) is 47.6 Å². The molecule has 0 fully saturated rings. The van der Waals surface area contributed by atoms with E-state index in [4.69, 9.17) is 4.74 Å². The molecule has 0 radical (unpaired) electrons. The summed E-state index contributed by atoms with van der Waals surface area (Å²) >= 11 is 4.48. The Morgan fingerprint density at radius 1 is 1.10 bits per heavy atom. The lowest BCUT2D eigenvalue weighted by molar-refractivity contribution is -0.275. The summed E-state index contributed by atoms with van der Waals surface area (Å²) in [5, 5.41) is 2.14. The number of halogens is 3. The number of aliphatic imine (C=N–C) groups is 1. The normalized spacial score (nSPS) is 10.6. The van der Waals surface area contributed by atoms with Gasteiger partial charge in [-0.1, -0.05) is 12.1 Å². The van der Waals surface area contributed by atoms with Crippen LogP contribution in [0.3, 0.4) is 0 Å². The van der Waals surface area contributed by atoms with E-state index >= 15 is 0 Å². The lowest BCUT2D eigenvalue weighted by Gasteiger charge is -2.13. The van der Waals surface area contributed by atoms with E-state index in [1.807, 2.05) is 0 Å². The predicted molar refractivity (Wildman–Crippen MR) is 72.1 cm³/mol. The number of benzene rings is 1. The summed E-state index contributed by atoms with van der Waals surface area (Å²) in [6.45, 7) is 0. The van der Waals surface area contributed by atoms with Crippen molar-refractivity contribution in [1.82, 2.24) is 4.98 Å². The number of pyridine rings is 1. The SMILES string of the molecule is FC(F)(F)Oc1ccccc1Oc1ncccc1N=C=S. The Hall–Kier alpha value is -2.44. The second-order valence-corrected chi connectivity index (χ2v) is 3.81. The molecule has 4 nitrogen and oxygen atoms in total. The largest absolute Gasteiger partial charge is 0.573 e. The number of nitrogens with zero attached hydrogens (tertiary/aromatic N) is 2. The quantitative estimate of drug-likeness (QED) is 0.615. The van der Waals surface area contributed by atoms with Gasteiger partial charge in [0.05, 0.1) is 5.16 Å². The Morgan fingerprint density at radius 3 is 2.48 bits per heavy atom. The molecular formula is C13H7F3N2O2S. The summed E-state index contributed by atoms with van der Waals surface area (Å²) in [6.07, 6.45) is -3.41. The maximum atomic E-state index is 12.3. The van der Waals surface area contributed by atoms with Crippen LogP contribution in [0.2, 0.25) is 0 Å². The Morgan fingerprint density at radius 2 is 1.81 bits per heavy atom. The van der Waals surface area contributed by atoms with Crippen molar-refractivity contribution in [3.8, 4) is 17.4 Å². The van der Waals surface area contributed by atoms with E-state index < -0.39 is 12.1 Å². The van der Waals surface area contributed by atoms with Crippen LogP contribution in [0, 0.1) is 0 Å². The molecule has 1 aromatic carbocycles. The predicted octanol–water partition coefficient (Wildman–Crippen LogP) is 4.51. The third-order valence-electron chi connectivity index (χ3n) is 2.20. The first kappa shape index (κ1) is 15.0. The van der Waals surface area contributed by atoms with Crippen molar-refractivity contribution in [2.45, 2.75) is 6.36 Å². The van der Waals surface area contributed by atoms with Gasteiger partial charge in [-0.15, -0.1) is 13.2 Å². The minimum absolute atomic E-state index is 0.00641. The van der Waals surface area contributed by atoms with Gasteiger partial charge in [-0.25, -0.2) is 4.98 Å². The van der Waals surface area contributed by atoms with Crippen LogP contribution in [0.1, 0.15) is 0 Å². The van der Waals surface area contributed by atoms with Gasteiger partial charge in [-0.3, -0.25) is 0 Å². The van der Waals surface area contributed by atoms with Crippen LogP contribution in [0.4, 0.5) is 18.9 Å². The first-order valence-electron chi connectivity index (χ1n) is 5.55. The fourth-order valence-electron chi connectivity index (χ4n) is 1.44. The second-order valence-electron chi connectivity index (χ2n) is 3.63. The fourth-order valence-corrected chi connectivity index (χ4v) is 1.54. The molecule has 0 aliphatic carbocycles. The van der Waals surface area contributed by atoms with E-state index in [0.717, 1.165) is 6.07 Å². The minimum atomic E-state index is -4.82. The van der Waals surface area contributed by atoms with E-state index in [1.165, 1.54) is 30.5 Å². The van der Waals surface area contributed by atoms with Crippen LogP contribution in [-0.4, -0.2) is 16.5 Å². The zero-order valence-electron chi connectivity index (χ0n) is 10.3. The molecule has 8 heteroatoms. The van der Waals surface area contributed by atoms with Crippen LogP contribution < -0.4 is 9.47 Å². The molecule has 0 atom stereocenters. The number of aromatic nitrogens is 1. The number of ether oxygens (including phenoxy) is 2.